The van der Waals surface area contributed by atoms with E-state index in [2.05, 4.69) is 10.0 Å². The summed E-state index contributed by atoms with van der Waals surface area (Å²) >= 11 is 6.14. The molecule has 162 valence electrons. The van der Waals surface area contributed by atoms with E-state index in [1.807, 2.05) is 37.3 Å². The molecule has 0 heterocycles. The van der Waals surface area contributed by atoms with Gasteiger partial charge in [0.1, 0.15) is 11.8 Å². The molecule has 3 aromatic rings. The molecule has 0 saturated carbocycles. The van der Waals surface area contributed by atoms with Crippen molar-refractivity contribution in [2.75, 3.05) is 11.9 Å². The smallest absolute Gasteiger partial charge is 0.242 e. The molecule has 1 amide bonds. The lowest BCUT2D eigenvalue weighted by atomic mass is 10.1. The van der Waals surface area contributed by atoms with E-state index in [-0.39, 0.29) is 11.3 Å². The highest BCUT2D eigenvalue weighted by Crippen LogP contribution is 2.22. The Bertz CT molecular complexity index is 1120. The average Bonchev–Trinajstić information content (AvgIpc) is 2.76. The third kappa shape index (κ3) is 6.30. The van der Waals surface area contributed by atoms with Crippen LogP contribution in [-0.2, 0) is 21.2 Å². The Morgan fingerprint density at radius 2 is 1.61 bits per heavy atom. The molecule has 0 aromatic heterocycles. The first-order valence-electron chi connectivity index (χ1n) is 9.73. The van der Waals surface area contributed by atoms with Gasteiger partial charge in [0.25, 0.3) is 0 Å². The number of ether oxygens (including phenoxy) is 1. The molecule has 0 spiro atoms. The Morgan fingerprint density at radius 3 is 2.26 bits per heavy atom. The molecule has 1 atom stereocenters. The third-order valence-electron chi connectivity index (χ3n) is 4.47. The molecule has 6 nitrogen and oxygen atoms in total. The number of amides is 1. The zero-order valence-electron chi connectivity index (χ0n) is 16.9. The Balaban J connectivity index is 1.84. The molecule has 0 fully saturated rings. The molecule has 0 aliphatic heterocycles. The number of carbonyl (C=O) groups is 1. The van der Waals surface area contributed by atoms with E-state index in [1.165, 1.54) is 12.1 Å². The summed E-state index contributed by atoms with van der Waals surface area (Å²) in [6, 6.07) is 21.0. The second-order valence-corrected chi connectivity index (χ2v) is 8.86. The quantitative estimate of drug-likeness (QED) is 0.501. The van der Waals surface area contributed by atoms with Crippen LogP contribution < -0.4 is 14.8 Å². The zero-order valence-corrected chi connectivity index (χ0v) is 18.5. The minimum absolute atomic E-state index is 0.0413. The number of rotatable bonds is 9. The molecule has 0 aliphatic carbocycles. The number of hydrogen-bond acceptors (Lipinski definition) is 4. The van der Waals surface area contributed by atoms with E-state index < -0.39 is 22.0 Å². The van der Waals surface area contributed by atoms with Crippen molar-refractivity contribution in [3.63, 3.8) is 0 Å². The molecule has 0 aliphatic rings. The van der Waals surface area contributed by atoms with Crippen LogP contribution in [0.4, 0.5) is 5.69 Å². The SMILES string of the molecule is CCOc1ccc(S(=O)(=O)N[C@@H](Cc2ccccc2)C(=O)Nc2ccccc2Cl)cc1. The van der Waals surface area contributed by atoms with Crippen molar-refractivity contribution in [1.82, 2.24) is 4.72 Å². The van der Waals surface area contributed by atoms with Crippen LogP contribution in [0.15, 0.2) is 83.8 Å². The molecular formula is C23H23ClN2O4S. The summed E-state index contributed by atoms with van der Waals surface area (Å²) in [5.41, 5.74) is 1.23. The molecule has 0 unspecified atom stereocenters. The van der Waals surface area contributed by atoms with Crippen LogP contribution in [-0.4, -0.2) is 27.0 Å². The number of carbonyl (C=O) groups excluding carboxylic acids is 1. The highest BCUT2D eigenvalue weighted by Gasteiger charge is 2.26. The van der Waals surface area contributed by atoms with Crippen molar-refractivity contribution in [3.8, 4) is 5.75 Å². The summed E-state index contributed by atoms with van der Waals surface area (Å²) in [6.45, 7) is 2.32. The second kappa shape index (κ2) is 10.4. The van der Waals surface area contributed by atoms with Gasteiger partial charge in [0.05, 0.1) is 22.2 Å². The lowest BCUT2D eigenvalue weighted by Crippen LogP contribution is -2.45. The summed E-state index contributed by atoms with van der Waals surface area (Å²) in [4.78, 5) is 13.0. The molecule has 3 rings (SSSR count). The lowest BCUT2D eigenvalue weighted by Gasteiger charge is -2.19. The number of hydrogen-bond donors (Lipinski definition) is 2. The molecule has 2 N–H and O–H groups in total. The number of benzene rings is 3. The van der Waals surface area contributed by atoms with Gasteiger partial charge in [0, 0.05) is 0 Å². The molecule has 3 aromatic carbocycles. The fourth-order valence-electron chi connectivity index (χ4n) is 2.96. The van der Waals surface area contributed by atoms with Crippen LogP contribution in [0.1, 0.15) is 12.5 Å². The fourth-order valence-corrected chi connectivity index (χ4v) is 4.34. The maximum Gasteiger partial charge on any atom is 0.242 e. The first kappa shape index (κ1) is 22.8. The molecular weight excluding hydrogens is 436 g/mol. The van der Waals surface area contributed by atoms with Gasteiger partial charge in [-0.05, 0) is 55.3 Å². The van der Waals surface area contributed by atoms with Gasteiger partial charge in [0.15, 0.2) is 0 Å². The van der Waals surface area contributed by atoms with Gasteiger partial charge in [-0.3, -0.25) is 4.79 Å². The van der Waals surface area contributed by atoms with Gasteiger partial charge in [-0.25, -0.2) is 8.42 Å². The van der Waals surface area contributed by atoms with Crippen LogP contribution in [0, 0.1) is 0 Å². The van der Waals surface area contributed by atoms with Crippen LogP contribution >= 0.6 is 11.6 Å². The van der Waals surface area contributed by atoms with Crippen molar-refractivity contribution in [2.45, 2.75) is 24.3 Å². The second-order valence-electron chi connectivity index (χ2n) is 6.74. The first-order chi connectivity index (χ1) is 14.9. The van der Waals surface area contributed by atoms with Crippen molar-refractivity contribution < 1.29 is 17.9 Å². The van der Waals surface area contributed by atoms with Gasteiger partial charge >= 0.3 is 0 Å². The van der Waals surface area contributed by atoms with Crippen LogP contribution in [0.2, 0.25) is 5.02 Å². The third-order valence-corrected chi connectivity index (χ3v) is 6.29. The van der Waals surface area contributed by atoms with E-state index in [9.17, 15) is 13.2 Å². The monoisotopic (exact) mass is 458 g/mol. The lowest BCUT2D eigenvalue weighted by molar-refractivity contribution is -0.117. The Kier molecular flexibility index (Phi) is 7.68. The minimum atomic E-state index is -3.96. The van der Waals surface area contributed by atoms with E-state index in [0.29, 0.717) is 23.1 Å². The Hall–Kier alpha value is -2.87. The van der Waals surface area contributed by atoms with Crippen molar-refractivity contribution >= 4 is 33.2 Å². The van der Waals surface area contributed by atoms with Gasteiger partial charge in [-0.2, -0.15) is 4.72 Å². The van der Waals surface area contributed by atoms with Crippen LogP contribution in [0.25, 0.3) is 0 Å². The fraction of sp³-hybridized carbons (Fsp3) is 0.174. The number of halogens is 1. The highest BCUT2D eigenvalue weighted by molar-refractivity contribution is 7.89. The van der Waals surface area contributed by atoms with Crippen LogP contribution in [0.5, 0.6) is 5.75 Å². The van der Waals surface area contributed by atoms with Crippen LogP contribution in [0.3, 0.4) is 0 Å². The van der Waals surface area contributed by atoms with E-state index in [1.54, 1.807) is 36.4 Å². The van der Waals surface area contributed by atoms with E-state index in [4.69, 9.17) is 16.3 Å². The predicted octanol–water partition coefficient (Wildman–Crippen LogP) is 4.27. The molecule has 0 saturated heterocycles. The normalized spacial score (nSPS) is 12.2. The summed E-state index contributed by atoms with van der Waals surface area (Å²) in [7, 11) is -3.96. The minimum Gasteiger partial charge on any atom is -0.494 e. The molecule has 8 heteroatoms. The van der Waals surface area contributed by atoms with E-state index in [0.717, 1.165) is 5.56 Å². The largest absolute Gasteiger partial charge is 0.494 e. The molecule has 0 bridgehead atoms. The standard InChI is InChI=1S/C23H23ClN2O4S/c1-2-30-18-12-14-19(15-13-18)31(28,29)26-22(16-17-8-4-3-5-9-17)23(27)25-21-11-7-6-10-20(21)24/h3-15,22,26H,2,16H2,1H3,(H,25,27)/t22-/m0/s1. The summed E-state index contributed by atoms with van der Waals surface area (Å²) < 4.78 is 33.8. The van der Waals surface area contributed by atoms with Gasteiger partial charge in [-0.1, -0.05) is 54.1 Å². The number of nitrogens with one attached hydrogen (secondary N) is 2. The first-order valence-corrected chi connectivity index (χ1v) is 11.6. The Labute approximate surface area is 187 Å². The van der Waals surface area contributed by atoms with Gasteiger partial charge in [0.2, 0.25) is 15.9 Å². The summed E-state index contributed by atoms with van der Waals surface area (Å²) in [6.07, 6.45) is 0.174. The summed E-state index contributed by atoms with van der Waals surface area (Å²) in [5, 5.41) is 3.08. The van der Waals surface area contributed by atoms with Gasteiger partial charge in [-0.15, -0.1) is 0 Å². The maximum atomic E-state index is 13.0. The number of para-hydroxylation sites is 1. The van der Waals surface area contributed by atoms with Crippen molar-refractivity contribution in [1.29, 1.82) is 0 Å². The number of sulfonamides is 1. The average molecular weight is 459 g/mol. The highest BCUT2D eigenvalue weighted by atomic mass is 35.5. The topological polar surface area (TPSA) is 84.5 Å². The van der Waals surface area contributed by atoms with E-state index >= 15 is 0 Å². The maximum absolute atomic E-state index is 13.0. The zero-order chi connectivity index (χ0) is 22.3. The number of anilines is 1. The molecule has 0 radical (unpaired) electrons. The molecule has 31 heavy (non-hydrogen) atoms. The van der Waals surface area contributed by atoms with Crippen molar-refractivity contribution in [2.24, 2.45) is 0 Å². The predicted molar refractivity (Wildman–Crippen MR) is 122 cm³/mol. The summed E-state index contributed by atoms with van der Waals surface area (Å²) in [5.74, 6) is 0.0604. The van der Waals surface area contributed by atoms with Crippen molar-refractivity contribution in [3.05, 3.63) is 89.4 Å². The van der Waals surface area contributed by atoms with Gasteiger partial charge < -0.3 is 10.1 Å². The Morgan fingerprint density at radius 1 is 0.968 bits per heavy atom.